The van der Waals surface area contributed by atoms with E-state index in [1.807, 2.05) is 7.05 Å². The molecule has 22 heavy (non-hydrogen) atoms. The zero-order valence-electron chi connectivity index (χ0n) is 14.7. The first kappa shape index (κ1) is 16.8. The highest BCUT2D eigenvalue weighted by Crippen LogP contribution is 2.21. The quantitative estimate of drug-likeness (QED) is 0.671. The molecule has 0 aromatic carbocycles. The topological polar surface area (TPSA) is 66.5 Å². The van der Waals surface area contributed by atoms with Crippen molar-refractivity contribution in [1.29, 1.82) is 0 Å². The second-order valence-corrected chi connectivity index (χ2v) is 7.52. The number of likely N-dealkylation sites (tertiary alicyclic amines) is 1. The van der Waals surface area contributed by atoms with Crippen molar-refractivity contribution >= 4 is 5.96 Å². The van der Waals surface area contributed by atoms with E-state index in [1.165, 1.54) is 6.42 Å². The Morgan fingerprint density at radius 3 is 2.45 bits per heavy atom. The Kier molecular flexibility index (Phi) is 5.08. The Morgan fingerprint density at radius 2 is 1.95 bits per heavy atom. The number of guanidine groups is 1. The average molecular weight is 307 g/mol. The van der Waals surface area contributed by atoms with E-state index < -0.39 is 0 Å². The summed E-state index contributed by atoms with van der Waals surface area (Å²) in [5, 5.41) is 7.39. The number of aliphatic imine (C=N–C) groups is 1. The van der Waals surface area contributed by atoms with Crippen LogP contribution in [0.25, 0.3) is 0 Å². The molecule has 0 amide bonds. The lowest BCUT2D eigenvalue weighted by molar-refractivity contribution is 0.208. The molecule has 0 spiro atoms. The smallest absolute Gasteiger partial charge is 0.232 e. The average Bonchev–Trinajstić information content (AvgIpc) is 2.87. The first-order valence-corrected chi connectivity index (χ1v) is 8.08. The van der Waals surface area contributed by atoms with Crippen molar-refractivity contribution < 1.29 is 4.52 Å². The standard InChI is InChI=1S/C16H29N5O/c1-11-7-12(2)10-21(9-11)15(17-6)18-8-13-19-14(22-20-13)16(3,4)5/h11-12H,7-10H2,1-6H3,(H,17,18). The van der Waals surface area contributed by atoms with Gasteiger partial charge in [0.15, 0.2) is 11.8 Å². The highest BCUT2D eigenvalue weighted by atomic mass is 16.5. The second-order valence-electron chi connectivity index (χ2n) is 7.52. The van der Waals surface area contributed by atoms with E-state index in [-0.39, 0.29) is 5.41 Å². The lowest BCUT2D eigenvalue weighted by atomic mass is 9.92. The summed E-state index contributed by atoms with van der Waals surface area (Å²) in [6, 6.07) is 0. The van der Waals surface area contributed by atoms with Gasteiger partial charge >= 0.3 is 0 Å². The van der Waals surface area contributed by atoms with Gasteiger partial charge in [0.05, 0.1) is 6.54 Å². The molecule has 2 rings (SSSR count). The molecule has 2 atom stereocenters. The summed E-state index contributed by atoms with van der Waals surface area (Å²) in [7, 11) is 1.82. The van der Waals surface area contributed by atoms with Gasteiger partial charge in [-0.1, -0.05) is 39.8 Å². The van der Waals surface area contributed by atoms with Crippen molar-refractivity contribution in [2.24, 2.45) is 16.8 Å². The third kappa shape index (κ3) is 4.21. The molecule has 1 saturated heterocycles. The molecule has 1 N–H and O–H groups in total. The van der Waals surface area contributed by atoms with Gasteiger partial charge < -0.3 is 14.7 Å². The number of nitrogens with one attached hydrogen (secondary N) is 1. The van der Waals surface area contributed by atoms with Gasteiger partial charge in [-0.2, -0.15) is 4.98 Å². The van der Waals surface area contributed by atoms with Gasteiger partial charge in [0.2, 0.25) is 5.89 Å². The second kappa shape index (κ2) is 6.67. The van der Waals surface area contributed by atoms with Crippen LogP contribution in [0.4, 0.5) is 0 Å². The molecule has 1 aromatic heterocycles. The van der Waals surface area contributed by atoms with Crippen LogP contribution in [-0.4, -0.2) is 41.1 Å². The fourth-order valence-corrected chi connectivity index (χ4v) is 2.96. The van der Waals surface area contributed by atoms with Crippen LogP contribution in [0.5, 0.6) is 0 Å². The zero-order valence-corrected chi connectivity index (χ0v) is 14.7. The highest BCUT2D eigenvalue weighted by Gasteiger charge is 2.25. The summed E-state index contributed by atoms with van der Waals surface area (Å²) in [5.74, 6) is 3.64. The Labute approximate surface area is 133 Å². The molecular weight excluding hydrogens is 278 g/mol. The van der Waals surface area contributed by atoms with Gasteiger partial charge in [-0.25, -0.2) is 0 Å². The number of piperidine rings is 1. The Morgan fingerprint density at radius 1 is 1.32 bits per heavy atom. The van der Waals surface area contributed by atoms with E-state index in [9.17, 15) is 0 Å². The number of aromatic nitrogens is 2. The minimum Gasteiger partial charge on any atom is -0.349 e. The molecule has 124 valence electrons. The van der Waals surface area contributed by atoms with Crippen LogP contribution >= 0.6 is 0 Å². The number of hydrogen-bond donors (Lipinski definition) is 1. The molecule has 6 nitrogen and oxygen atoms in total. The van der Waals surface area contributed by atoms with Gasteiger partial charge in [0.1, 0.15) is 0 Å². The van der Waals surface area contributed by atoms with Crippen LogP contribution in [0.1, 0.15) is 52.8 Å². The largest absolute Gasteiger partial charge is 0.349 e. The predicted octanol–water partition coefficient (Wildman–Crippen LogP) is 2.42. The molecule has 0 radical (unpaired) electrons. The summed E-state index contributed by atoms with van der Waals surface area (Å²) in [5.41, 5.74) is -0.120. The fourth-order valence-electron chi connectivity index (χ4n) is 2.96. The number of hydrogen-bond acceptors (Lipinski definition) is 4. The first-order chi connectivity index (χ1) is 10.3. The summed E-state index contributed by atoms with van der Waals surface area (Å²) >= 11 is 0. The lowest BCUT2D eigenvalue weighted by Gasteiger charge is -2.36. The molecule has 0 saturated carbocycles. The van der Waals surface area contributed by atoms with Crippen LogP contribution in [0.15, 0.2) is 9.52 Å². The highest BCUT2D eigenvalue weighted by molar-refractivity contribution is 5.79. The third-order valence-electron chi connectivity index (χ3n) is 3.89. The Balaban J connectivity index is 1.95. The van der Waals surface area contributed by atoms with E-state index in [2.05, 4.69) is 60.0 Å². The van der Waals surface area contributed by atoms with Crippen molar-refractivity contribution in [1.82, 2.24) is 20.4 Å². The molecule has 6 heteroatoms. The first-order valence-electron chi connectivity index (χ1n) is 8.08. The van der Waals surface area contributed by atoms with E-state index in [0.29, 0.717) is 30.1 Å². The normalized spacial score (nSPS) is 23.7. The molecule has 0 bridgehead atoms. The van der Waals surface area contributed by atoms with Gasteiger partial charge in [-0.05, 0) is 18.3 Å². The molecule has 2 heterocycles. The molecular formula is C16H29N5O. The van der Waals surface area contributed by atoms with Crippen molar-refractivity contribution in [3.63, 3.8) is 0 Å². The maximum absolute atomic E-state index is 5.32. The number of rotatable bonds is 2. The van der Waals surface area contributed by atoms with Gasteiger partial charge in [0, 0.05) is 25.6 Å². The minimum absolute atomic E-state index is 0.120. The van der Waals surface area contributed by atoms with Crippen molar-refractivity contribution in [3.05, 3.63) is 11.7 Å². The molecule has 1 fully saturated rings. The molecule has 0 aliphatic carbocycles. The summed E-state index contributed by atoms with van der Waals surface area (Å²) < 4.78 is 5.32. The van der Waals surface area contributed by atoms with Crippen molar-refractivity contribution in [2.75, 3.05) is 20.1 Å². The molecule has 1 aliphatic heterocycles. The molecule has 2 unspecified atom stereocenters. The van der Waals surface area contributed by atoms with Crippen LogP contribution in [0.3, 0.4) is 0 Å². The zero-order chi connectivity index (χ0) is 16.3. The van der Waals surface area contributed by atoms with Crippen molar-refractivity contribution in [3.8, 4) is 0 Å². The van der Waals surface area contributed by atoms with Crippen LogP contribution in [0.2, 0.25) is 0 Å². The van der Waals surface area contributed by atoms with Crippen LogP contribution < -0.4 is 5.32 Å². The molecule has 1 aromatic rings. The van der Waals surface area contributed by atoms with E-state index in [4.69, 9.17) is 4.52 Å². The lowest BCUT2D eigenvalue weighted by Crippen LogP contribution is -2.48. The predicted molar refractivity (Wildman–Crippen MR) is 87.7 cm³/mol. The molecule has 1 aliphatic rings. The van der Waals surface area contributed by atoms with Crippen molar-refractivity contribution in [2.45, 2.75) is 53.0 Å². The van der Waals surface area contributed by atoms with E-state index in [0.717, 1.165) is 19.0 Å². The minimum atomic E-state index is -0.120. The Hall–Kier alpha value is -1.59. The maximum Gasteiger partial charge on any atom is 0.232 e. The van der Waals surface area contributed by atoms with Gasteiger partial charge in [0.25, 0.3) is 0 Å². The van der Waals surface area contributed by atoms with Crippen LogP contribution in [0, 0.1) is 11.8 Å². The maximum atomic E-state index is 5.32. The summed E-state index contributed by atoms with van der Waals surface area (Å²) in [4.78, 5) is 11.2. The monoisotopic (exact) mass is 307 g/mol. The third-order valence-corrected chi connectivity index (χ3v) is 3.89. The summed E-state index contributed by atoms with van der Waals surface area (Å²) in [6.07, 6.45) is 1.28. The SMILES string of the molecule is CN=C(NCc1noc(C(C)(C)C)n1)N1CC(C)CC(C)C1. The van der Waals surface area contributed by atoms with Crippen LogP contribution in [-0.2, 0) is 12.0 Å². The van der Waals surface area contributed by atoms with E-state index in [1.54, 1.807) is 0 Å². The fraction of sp³-hybridized carbons (Fsp3) is 0.812. The van der Waals surface area contributed by atoms with Gasteiger partial charge in [-0.15, -0.1) is 0 Å². The Bertz CT molecular complexity index is 507. The number of nitrogens with zero attached hydrogens (tertiary/aromatic N) is 4. The van der Waals surface area contributed by atoms with E-state index >= 15 is 0 Å². The van der Waals surface area contributed by atoms with Gasteiger partial charge in [-0.3, -0.25) is 4.99 Å². The summed E-state index contributed by atoms with van der Waals surface area (Å²) in [6.45, 7) is 13.4.